The van der Waals surface area contributed by atoms with Gasteiger partial charge < -0.3 is 10.1 Å². The molecule has 2 unspecified atom stereocenters. The van der Waals surface area contributed by atoms with Crippen LogP contribution in [-0.2, 0) is 6.42 Å². The van der Waals surface area contributed by atoms with Crippen molar-refractivity contribution in [1.29, 1.82) is 0 Å². The quantitative estimate of drug-likeness (QED) is 0.838. The molecule has 0 saturated heterocycles. The zero-order chi connectivity index (χ0) is 14.7. The second-order valence-corrected chi connectivity index (χ2v) is 7.08. The van der Waals surface area contributed by atoms with Crippen LogP contribution in [0.3, 0.4) is 0 Å². The summed E-state index contributed by atoms with van der Waals surface area (Å²) in [7, 11) is 1.75. The third-order valence-corrected chi connectivity index (χ3v) is 5.27. The molecule has 0 aromatic heterocycles. The normalized spacial score (nSPS) is 25.8. The van der Waals surface area contributed by atoms with Crippen LogP contribution in [0.1, 0.15) is 44.1 Å². The van der Waals surface area contributed by atoms with Crippen molar-refractivity contribution in [2.45, 2.75) is 51.0 Å². The van der Waals surface area contributed by atoms with Gasteiger partial charge in [0.1, 0.15) is 5.75 Å². The predicted octanol–water partition coefficient (Wildman–Crippen LogP) is 4.45. The van der Waals surface area contributed by atoms with E-state index in [1.807, 2.05) is 12.1 Å². The second kappa shape index (κ2) is 7.02. The van der Waals surface area contributed by atoms with E-state index in [1.54, 1.807) is 7.11 Å². The van der Waals surface area contributed by atoms with E-state index in [9.17, 15) is 0 Å². The summed E-state index contributed by atoms with van der Waals surface area (Å²) in [4.78, 5) is 0. The Hall–Kier alpha value is -0.730. The molecule has 2 atom stereocenters. The molecule has 3 heteroatoms. The van der Waals surface area contributed by atoms with E-state index >= 15 is 0 Å². The summed E-state index contributed by atoms with van der Waals surface area (Å²) in [6, 6.07) is 6.81. The fourth-order valence-electron chi connectivity index (χ4n) is 3.62. The molecule has 2 nitrogen and oxygen atoms in total. The van der Waals surface area contributed by atoms with Gasteiger partial charge in [-0.15, -0.1) is 0 Å². The molecule has 116 valence electrons. The first-order valence-electron chi connectivity index (χ1n) is 8.32. The van der Waals surface area contributed by atoms with Crippen molar-refractivity contribution in [3.8, 4) is 5.75 Å². The number of halogens is 1. The van der Waals surface area contributed by atoms with Crippen LogP contribution in [-0.4, -0.2) is 19.7 Å². The summed E-state index contributed by atoms with van der Waals surface area (Å²) < 4.78 is 5.51. The molecule has 0 radical (unpaired) electrons. The Labute approximate surface area is 133 Å². The van der Waals surface area contributed by atoms with Crippen molar-refractivity contribution < 1.29 is 4.74 Å². The summed E-state index contributed by atoms with van der Waals surface area (Å²) in [5.74, 6) is 2.55. The summed E-state index contributed by atoms with van der Waals surface area (Å²) in [5, 5.41) is 4.54. The van der Waals surface area contributed by atoms with E-state index in [0.29, 0.717) is 0 Å². The fraction of sp³-hybridized carbons (Fsp3) is 0.667. The smallest absolute Gasteiger partial charge is 0.122 e. The molecule has 2 saturated carbocycles. The molecule has 0 spiro atoms. The van der Waals surface area contributed by atoms with Crippen LogP contribution in [0.5, 0.6) is 5.75 Å². The van der Waals surface area contributed by atoms with E-state index in [2.05, 4.69) is 11.4 Å². The van der Waals surface area contributed by atoms with E-state index in [0.717, 1.165) is 35.1 Å². The molecule has 0 bridgehead atoms. The Morgan fingerprint density at radius 3 is 2.62 bits per heavy atom. The molecule has 1 N–H and O–H groups in total. The molecule has 2 aliphatic carbocycles. The van der Waals surface area contributed by atoms with Crippen molar-refractivity contribution in [2.75, 3.05) is 13.7 Å². The van der Waals surface area contributed by atoms with Crippen LogP contribution in [0.25, 0.3) is 0 Å². The van der Waals surface area contributed by atoms with E-state index in [1.165, 1.54) is 50.6 Å². The molecule has 1 aromatic rings. The zero-order valence-corrected chi connectivity index (χ0v) is 13.7. The number of rotatable bonds is 6. The average Bonchev–Trinajstić information content (AvgIpc) is 3.31. The molecule has 21 heavy (non-hydrogen) atoms. The van der Waals surface area contributed by atoms with Gasteiger partial charge >= 0.3 is 0 Å². The Morgan fingerprint density at radius 2 is 1.90 bits per heavy atom. The molecule has 0 heterocycles. The minimum absolute atomic E-state index is 0.761. The highest BCUT2D eigenvalue weighted by atomic mass is 35.5. The first kappa shape index (κ1) is 15.2. The Bertz CT molecular complexity index is 472. The number of methoxy groups -OCH3 is 1. The Morgan fingerprint density at radius 1 is 1.14 bits per heavy atom. The first-order valence-corrected chi connectivity index (χ1v) is 8.70. The predicted molar refractivity (Wildman–Crippen MR) is 88.2 cm³/mol. The highest BCUT2D eigenvalue weighted by Gasteiger charge is 2.28. The monoisotopic (exact) mass is 307 g/mol. The molecule has 2 fully saturated rings. The van der Waals surface area contributed by atoms with Gasteiger partial charge in [-0.3, -0.25) is 0 Å². The number of hydrogen-bond acceptors (Lipinski definition) is 2. The topological polar surface area (TPSA) is 21.3 Å². The van der Waals surface area contributed by atoms with Gasteiger partial charge in [-0.1, -0.05) is 24.4 Å². The summed E-state index contributed by atoms with van der Waals surface area (Å²) in [6.45, 7) is 1.19. The molecule has 2 aliphatic rings. The van der Waals surface area contributed by atoms with Crippen molar-refractivity contribution in [3.63, 3.8) is 0 Å². The lowest BCUT2D eigenvalue weighted by Crippen LogP contribution is -2.32. The lowest BCUT2D eigenvalue weighted by atomic mass is 9.76. The maximum absolute atomic E-state index is 6.17. The van der Waals surface area contributed by atoms with Crippen molar-refractivity contribution in [3.05, 3.63) is 28.8 Å². The van der Waals surface area contributed by atoms with E-state index in [4.69, 9.17) is 16.3 Å². The average molecular weight is 308 g/mol. The largest absolute Gasteiger partial charge is 0.496 e. The molecular formula is C18H26ClNO. The number of benzene rings is 1. The van der Waals surface area contributed by atoms with Crippen LogP contribution in [0.15, 0.2) is 18.2 Å². The van der Waals surface area contributed by atoms with Crippen molar-refractivity contribution in [2.24, 2.45) is 11.8 Å². The highest BCUT2D eigenvalue weighted by molar-refractivity contribution is 6.30. The van der Waals surface area contributed by atoms with Gasteiger partial charge in [0.25, 0.3) is 0 Å². The van der Waals surface area contributed by atoms with Gasteiger partial charge in [0.05, 0.1) is 7.11 Å². The zero-order valence-electron chi connectivity index (χ0n) is 12.9. The second-order valence-electron chi connectivity index (χ2n) is 6.65. The number of hydrogen-bond donors (Lipinski definition) is 1. The summed E-state index contributed by atoms with van der Waals surface area (Å²) in [6.07, 6.45) is 9.31. The van der Waals surface area contributed by atoms with Crippen LogP contribution < -0.4 is 10.1 Å². The highest BCUT2D eigenvalue weighted by Crippen LogP contribution is 2.35. The van der Waals surface area contributed by atoms with Gasteiger partial charge in [0, 0.05) is 11.1 Å². The van der Waals surface area contributed by atoms with Gasteiger partial charge in [0.15, 0.2) is 0 Å². The molecule has 0 amide bonds. The van der Waals surface area contributed by atoms with Crippen molar-refractivity contribution in [1.82, 2.24) is 5.32 Å². The minimum atomic E-state index is 0.761. The third kappa shape index (κ3) is 4.14. The molecular weight excluding hydrogens is 282 g/mol. The maximum Gasteiger partial charge on any atom is 0.122 e. The van der Waals surface area contributed by atoms with Crippen LogP contribution in [0.2, 0.25) is 5.02 Å². The summed E-state index contributed by atoms with van der Waals surface area (Å²) in [5.41, 5.74) is 1.27. The number of ether oxygens (including phenoxy) is 1. The lowest BCUT2D eigenvalue weighted by molar-refractivity contribution is 0.226. The fourth-order valence-corrected chi connectivity index (χ4v) is 3.81. The summed E-state index contributed by atoms with van der Waals surface area (Å²) >= 11 is 6.17. The lowest BCUT2D eigenvalue weighted by Gasteiger charge is -2.32. The maximum atomic E-state index is 6.17. The van der Waals surface area contributed by atoms with Gasteiger partial charge in [-0.25, -0.2) is 0 Å². The van der Waals surface area contributed by atoms with Crippen LogP contribution in [0, 0.1) is 11.8 Å². The Balaban J connectivity index is 1.66. The minimum Gasteiger partial charge on any atom is -0.496 e. The third-order valence-electron chi connectivity index (χ3n) is 5.04. The van der Waals surface area contributed by atoms with Gasteiger partial charge in [-0.2, -0.15) is 0 Å². The Kier molecular flexibility index (Phi) is 5.07. The molecule has 1 aromatic carbocycles. The van der Waals surface area contributed by atoms with Crippen LogP contribution in [0.4, 0.5) is 0 Å². The van der Waals surface area contributed by atoms with Crippen molar-refractivity contribution >= 4 is 11.6 Å². The number of nitrogens with one attached hydrogen (secondary N) is 1. The van der Waals surface area contributed by atoms with Crippen LogP contribution >= 0.6 is 11.6 Å². The SMILES string of the molecule is COc1ccc(Cl)cc1CC1CCCCC1CNC1CC1. The van der Waals surface area contributed by atoms with Gasteiger partial charge in [0.2, 0.25) is 0 Å². The van der Waals surface area contributed by atoms with E-state index < -0.39 is 0 Å². The first-order chi connectivity index (χ1) is 10.3. The molecule has 0 aliphatic heterocycles. The standard InChI is InChI=1S/C18H26ClNO/c1-21-18-9-6-16(19)11-15(18)10-13-4-2-3-5-14(13)12-20-17-7-8-17/h6,9,11,13-14,17,20H,2-5,7-8,10,12H2,1H3. The molecule has 3 rings (SSSR count). The van der Waals surface area contributed by atoms with Gasteiger partial charge in [-0.05, 0) is 74.2 Å². The van der Waals surface area contributed by atoms with E-state index in [-0.39, 0.29) is 0 Å².